The minimum Gasteiger partial charge on any atom is -0.334 e. The number of nitrogens with two attached hydrogens (primary N) is 1. The van der Waals surface area contributed by atoms with Gasteiger partial charge in [-0.05, 0) is 49.9 Å². The van der Waals surface area contributed by atoms with Crippen LogP contribution in [0.3, 0.4) is 0 Å². The van der Waals surface area contributed by atoms with Crippen LogP contribution in [-0.4, -0.2) is 34.9 Å². The number of benzene rings is 1. The molecule has 0 bridgehead atoms. The second kappa shape index (κ2) is 5.77. The number of amides is 1. The van der Waals surface area contributed by atoms with Crippen molar-refractivity contribution in [3.63, 3.8) is 0 Å². The Bertz CT molecular complexity index is 772. The molecule has 2 heterocycles. The summed E-state index contributed by atoms with van der Waals surface area (Å²) in [7, 11) is 0. The normalized spacial score (nSPS) is 21.1. The van der Waals surface area contributed by atoms with E-state index in [1.54, 1.807) is 0 Å². The van der Waals surface area contributed by atoms with Gasteiger partial charge in [-0.3, -0.25) is 9.78 Å². The number of hydrogen-bond acceptors (Lipinski definition) is 3. The molecule has 2 aliphatic rings. The van der Waals surface area contributed by atoms with Crippen molar-refractivity contribution in [2.24, 2.45) is 5.73 Å². The minimum atomic E-state index is 0.0644. The largest absolute Gasteiger partial charge is 0.334 e. The van der Waals surface area contributed by atoms with Crippen LogP contribution in [0.5, 0.6) is 0 Å². The van der Waals surface area contributed by atoms with E-state index in [2.05, 4.69) is 0 Å². The molecule has 1 aliphatic carbocycles. The fourth-order valence-electron chi connectivity index (χ4n) is 3.49. The van der Waals surface area contributed by atoms with E-state index in [0.717, 1.165) is 54.4 Å². The van der Waals surface area contributed by atoms with Gasteiger partial charge in [-0.15, -0.1) is 0 Å². The zero-order chi connectivity index (χ0) is 16.0. The van der Waals surface area contributed by atoms with Gasteiger partial charge in [0.15, 0.2) is 0 Å². The van der Waals surface area contributed by atoms with Crippen molar-refractivity contribution in [3.8, 4) is 0 Å². The Morgan fingerprint density at radius 2 is 2.13 bits per heavy atom. The molecule has 2 fully saturated rings. The SMILES string of the molecule is NCC1CCCN1C(=O)c1cc(C2CC2)nc2ccc(Cl)cc12. The van der Waals surface area contributed by atoms with Gasteiger partial charge in [-0.25, -0.2) is 0 Å². The van der Waals surface area contributed by atoms with Crippen molar-refractivity contribution in [2.45, 2.75) is 37.6 Å². The van der Waals surface area contributed by atoms with Crippen molar-refractivity contribution >= 4 is 28.4 Å². The van der Waals surface area contributed by atoms with Gasteiger partial charge in [-0.1, -0.05) is 11.6 Å². The molecule has 1 aliphatic heterocycles. The molecule has 1 amide bonds. The number of fused-ring (bicyclic) bond motifs is 1. The van der Waals surface area contributed by atoms with E-state index in [1.165, 1.54) is 0 Å². The molecule has 4 rings (SSSR count). The summed E-state index contributed by atoms with van der Waals surface area (Å²) in [5, 5.41) is 1.47. The van der Waals surface area contributed by atoms with Crippen molar-refractivity contribution < 1.29 is 4.79 Å². The minimum absolute atomic E-state index is 0.0644. The van der Waals surface area contributed by atoms with E-state index in [1.807, 2.05) is 29.2 Å². The first-order chi connectivity index (χ1) is 11.2. The molecule has 5 heteroatoms. The molecule has 0 radical (unpaired) electrons. The molecule has 1 saturated heterocycles. The fourth-order valence-corrected chi connectivity index (χ4v) is 3.66. The molecule has 2 aromatic rings. The summed E-state index contributed by atoms with van der Waals surface area (Å²) in [4.78, 5) is 19.8. The van der Waals surface area contributed by atoms with E-state index in [-0.39, 0.29) is 11.9 Å². The molecule has 0 spiro atoms. The van der Waals surface area contributed by atoms with E-state index >= 15 is 0 Å². The Balaban J connectivity index is 1.83. The van der Waals surface area contributed by atoms with Crippen LogP contribution in [0.25, 0.3) is 10.9 Å². The Morgan fingerprint density at radius 1 is 1.30 bits per heavy atom. The van der Waals surface area contributed by atoms with Crippen molar-refractivity contribution in [1.82, 2.24) is 9.88 Å². The zero-order valence-electron chi connectivity index (χ0n) is 13.0. The van der Waals surface area contributed by atoms with Crippen LogP contribution in [0.4, 0.5) is 0 Å². The summed E-state index contributed by atoms with van der Waals surface area (Å²) < 4.78 is 0. The number of carbonyl (C=O) groups excluding carboxylic acids is 1. The smallest absolute Gasteiger partial charge is 0.254 e. The molecule has 4 nitrogen and oxygen atoms in total. The number of rotatable bonds is 3. The Morgan fingerprint density at radius 3 is 2.87 bits per heavy atom. The molecule has 1 atom stereocenters. The molecule has 120 valence electrons. The van der Waals surface area contributed by atoms with Gasteiger partial charge < -0.3 is 10.6 Å². The predicted octanol–water partition coefficient (Wildman–Crippen LogP) is 3.33. The standard InChI is InChI=1S/C18H20ClN3O/c19-12-5-6-16-14(8-12)15(9-17(21-16)11-3-4-11)18(23)22-7-1-2-13(22)10-20/h5-6,8-9,11,13H,1-4,7,10,20H2. The van der Waals surface area contributed by atoms with Gasteiger partial charge in [0.05, 0.1) is 11.1 Å². The second-order valence-corrected chi connectivity index (χ2v) is 7.00. The summed E-state index contributed by atoms with van der Waals surface area (Å²) >= 11 is 6.15. The lowest BCUT2D eigenvalue weighted by atomic mass is 10.0. The lowest BCUT2D eigenvalue weighted by Crippen LogP contribution is -2.40. The third-order valence-corrected chi connectivity index (χ3v) is 5.16. The lowest BCUT2D eigenvalue weighted by molar-refractivity contribution is 0.0743. The van der Waals surface area contributed by atoms with Crippen LogP contribution in [0.1, 0.15) is 47.7 Å². The van der Waals surface area contributed by atoms with Gasteiger partial charge in [0, 0.05) is 41.2 Å². The summed E-state index contributed by atoms with van der Waals surface area (Å²) in [6.07, 6.45) is 4.33. The first-order valence-electron chi connectivity index (χ1n) is 8.28. The van der Waals surface area contributed by atoms with Crippen LogP contribution in [0.2, 0.25) is 5.02 Å². The monoisotopic (exact) mass is 329 g/mol. The third-order valence-electron chi connectivity index (χ3n) is 4.93. The number of aromatic nitrogens is 1. The molecular formula is C18H20ClN3O. The molecule has 1 aromatic carbocycles. The Kier molecular flexibility index (Phi) is 3.74. The highest BCUT2D eigenvalue weighted by Crippen LogP contribution is 2.40. The summed E-state index contributed by atoms with van der Waals surface area (Å²) in [5.41, 5.74) is 8.45. The molecular weight excluding hydrogens is 310 g/mol. The topological polar surface area (TPSA) is 59.2 Å². The van der Waals surface area contributed by atoms with E-state index in [4.69, 9.17) is 22.3 Å². The molecule has 2 N–H and O–H groups in total. The van der Waals surface area contributed by atoms with Gasteiger partial charge in [0.2, 0.25) is 0 Å². The number of pyridine rings is 1. The predicted molar refractivity (Wildman–Crippen MR) is 91.8 cm³/mol. The van der Waals surface area contributed by atoms with Gasteiger partial charge in [0.1, 0.15) is 0 Å². The van der Waals surface area contributed by atoms with E-state index < -0.39 is 0 Å². The maximum atomic E-state index is 13.1. The Labute approximate surface area is 140 Å². The Hall–Kier alpha value is -1.65. The number of halogens is 1. The van der Waals surface area contributed by atoms with Gasteiger partial charge in [-0.2, -0.15) is 0 Å². The lowest BCUT2D eigenvalue weighted by Gasteiger charge is -2.24. The highest BCUT2D eigenvalue weighted by atomic mass is 35.5. The molecule has 1 unspecified atom stereocenters. The third kappa shape index (κ3) is 2.70. The van der Waals surface area contributed by atoms with Crippen LogP contribution < -0.4 is 5.73 Å². The quantitative estimate of drug-likeness (QED) is 0.939. The van der Waals surface area contributed by atoms with Crippen LogP contribution in [-0.2, 0) is 0 Å². The van der Waals surface area contributed by atoms with Crippen molar-refractivity contribution in [1.29, 1.82) is 0 Å². The summed E-state index contributed by atoms with van der Waals surface area (Å²) in [6.45, 7) is 1.30. The maximum absolute atomic E-state index is 13.1. The zero-order valence-corrected chi connectivity index (χ0v) is 13.7. The van der Waals surface area contributed by atoms with Crippen LogP contribution in [0.15, 0.2) is 24.3 Å². The van der Waals surface area contributed by atoms with Gasteiger partial charge >= 0.3 is 0 Å². The van der Waals surface area contributed by atoms with Crippen molar-refractivity contribution in [3.05, 3.63) is 40.5 Å². The first kappa shape index (κ1) is 14.9. The first-order valence-corrected chi connectivity index (χ1v) is 8.66. The van der Waals surface area contributed by atoms with Crippen molar-refractivity contribution in [2.75, 3.05) is 13.1 Å². The van der Waals surface area contributed by atoms with Gasteiger partial charge in [0.25, 0.3) is 5.91 Å². The summed E-state index contributed by atoms with van der Waals surface area (Å²) in [5.74, 6) is 0.569. The number of carbonyl (C=O) groups is 1. The molecule has 23 heavy (non-hydrogen) atoms. The second-order valence-electron chi connectivity index (χ2n) is 6.56. The number of nitrogens with zero attached hydrogens (tertiary/aromatic N) is 2. The van der Waals surface area contributed by atoms with Crippen LogP contribution in [0, 0.1) is 0 Å². The molecule has 1 aromatic heterocycles. The summed E-state index contributed by atoms with van der Waals surface area (Å²) in [6, 6.07) is 7.71. The average Bonchev–Trinajstić information content (AvgIpc) is 3.30. The highest BCUT2D eigenvalue weighted by Gasteiger charge is 2.31. The fraction of sp³-hybridized carbons (Fsp3) is 0.444. The number of hydrogen-bond donors (Lipinski definition) is 1. The number of likely N-dealkylation sites (tertiary alicyclic amines) is 1. The van der Waals surface area contributed by atoms with Crippen LogP contribution >= 0.6 is 11.6 Å². The average molecular weight is 330 g/mol. The van der Waals surface area contributed by atoms with E-state index in [9.17, 15) is 4.79 Å². The highest BCUT2D eigenvalue weighted by molar-refractivity contribution is 6.31. The van der Waals surface area contributed by atoms with E-state index in [0.29, 0.717) is 17.5 Å². The molecule has 1 saturated carbocycles. The maximum Gasteiger partial charge on any atom is 0.254 e.